The van der Waals surface area contributed by atoms with Crippen molar-refractivity contribution in [3.05, 3.63) is 96.4 Å². The highest BCUT2D eigenvalue weighted by atomic mass is 19.1. The molecule has 0 saturated heterocycles. The molecule has 0 unspecified atom stereocenters. The Balaban J connectivity index is 1.62. The Kier molecular flexibility index (Phi) is 7.21. The first-order valence-electron chi connectivity index (χ1n) is 11.1. The van der Waals surface area contributed by atoms with Gasteiger partial charge in [-0.05, 0) is 62.4 Å². The third kappa shape index (κ3) is 5.73. The summed E-state index contributed by atoms with van der Waals surface area (Å²) in [6.45, 7) is 3.57. The molecular formula is C27H24FN3O4. The van der Waals surface area contributed by atoms with Gasteiger partial charge < -0.3 is 14.8 Å². The van der Waals surface area contributed by atoms with E-state index in [9.17, 15) is 14.0 Å². The lowest BCUT2D eigenvalue weighted by atomic mass is 10.1. The van der Waals surface area contributed by atoms with E-state index in [0.29, 0.717) is 28.4 Å². The number of esters is 1. The van der Waals surface area contributed by atoms with Crippen LogP contribution in [0.4, 0.5) is 10.1 Å². The molecule has 3 aromatic carbocycles. The summed E-state index contributed by atoms with van der Waals surface area (Å²) in [5, 5.41) is 7.20. The number of aromatic nitrogens is 2. The third-order valence-electron chi connectivity index (χ3n) is 5.10. The average molecular weight is 474 g/mol. The molecule has 0 radical (unpaired) electrons. The monoisotopic (exact) mass is 473 g/mol. The van der Waals surface area contributed by atoms with Gasteiger partial charge >= 0.3 is 5.97 Å². The molecule has 0 aliphatic heterocycles. The highest BCUT2D eigenvalue weighted by molar-refractivity contribution is 5.95. The minimum absolute atomic E-state index is 0.0884. The van der Waals surface area contributed by atoms with Crippen molar-refractivity contribution in [2.45, 2.75) is 20.0 Å². The maximum Gasteiger partial charge on any atom is 0.358 e. The fraction of sp³-hybridized carbons (Fsp3) is 0.148. The summed E-state index contributed by atoms with van der Waals surface area (Å²) in [7, 11) is 0. The molecular weight excluding hydrogens is 449 g/mol. The Hall–Kier alpha value is -4.46. The van der Waals surface area contributed by atoms with E-state index >= 15 is 0 Å². The Labute approximate surface area is 202 Å². The fourth-order valence-corrected chi connectivity index (χ4v) is 3.45. The van der Waals surface area contributed by atoms with Gasteiger partial charge in [0.2, 0.25) is 0 Å². The zero-order chi connectivity index (χ0) is 24.8. The molecule has 0 fully saturated rings. The largest absolute Gasteiger partial charge is 0.481 e. The van der Waals surface area contributed by atoms with E-state index in [1.807, 2.05) is 18.2 Å². The van der Waals surface area contributed by atoms with E-state index < -0.39 is 17.9 Å². The molecule has 4 aromatic rings. The van der Waals surface area contributed by atoms with Gasteiger partial charge in [-0.25, -0.2) is 13.9 Å². The topological polar surface area (TPSA) is 82.5 Å². The number of hydrogen-bond acceptors (Lipinski definition) is 5. The van der Waals surface area contributed by atoms with Crippen LogP contribution in [0.2, 0.25) is 0 Å². The molecule has 0 aliphatic rings. The van der Waals surface area contributed by atoms with Crippen molar-refractivity contribution in [3.8, 4) is 22.7 Å². The number of nitrogens with one attached hydrogen (secondary N) is 1. The van der Waals surface area contributed by atoms with Crippen LogP contribution < -0.4 is 10.1 Å². The molecule has 4 rings (SSSR count). The van der Waals surface area contributed by atoms with Crippen LogP contribution in [0.3, 0.4) is 0 Å². The van der Waals surface area contributed by atoms with Gasteiger partial charge in [-0.1, -0.05) is 36.4 Å². The first kappa shape index (κ1) is 23.7. The molecule has 1 atom stereocenters. The molecule has 8 heteroatoms. The van der Waals surface area contributed by atoms with Crippen LogP contribution >= 0.6 is 0 Å². The third-order valence-corrected chi connectivity index (χ3v) is 5.10. The first-order valence-corrected chi connectivity index (χ1v) is 11.1. The van der Waals surface area contributed by atoms with Gasteiger partial charge in [0.15, 0.2) is 11.8 Å². The van der Waals surface area contributed by atoms with Gasteiger partial charge in [0, 0.05) is 11.3 Å². The molecule has 0 aliphatic carbocycles. The predicted molar refractivity (Wildman–Crippen MR) is 130 cm³/mol. The van der Waals surface area contributed by atoms with Crippen LogP contribution in [0.1, 0.15) is 24.3 Å². The first-order chi connectivity index (χ1) is 16.9. The number of rotatable bonds is 8. The van der Waals surface area contributed by atoms with Gasteiger partial charge in [0.05, 0.1) is 18.0 Å². The van der Waals surface area contributed by atoms with E-state index in [0.717, 1.165) is 0 Å². The highest BCUT2D eigenvalue weighted by Gasteiger charge is 2.19. The van der Waals surface area contributed by atoms with E-state index in [2.05, 4.69) is 10.4 Å². The van der Waals surface area contributed by atoms with E-state index in [-0.39, 0.29) is 18.2 Å². The van der Waals surface area contributed by atoms with Crippen LogP contribution in [0.15, 0.2) is 84.9 Å². The van der Waals surface area contributed by atoms with Crippen molar-refractivity contribution in [3.63, 3.8) is 0 Å². The number of halogens is 1. The summed E-state index contributed by atoms with van der Waals surface area (Å²) in [6.07, 6.45) is -0.728. The number of hydrogen-bond donors (Lipinski definition) is 1. The number of para-hydroxylation sites is 1. The smallest absolute Gasteiger partial charge is 0.358 e. The van der Waals surface area contributed by atoms with E-state index in [1.165, 1.54) is 16.8 Å². The Morgan fingerprint density at radius 3 is 2.51 bits per heavy atom. The van der Waals surface area contributed by atoms with Crippen LogP contribution in [-0.2, 0) is 9.53 Å². The zero-order valence-electron chi connectivity index (χ0n) is 19.3. The zero-order valence-corrected chi connectivity index (χ0v) is 19.3. The lowest BCUT2D eigenvalue weighted by Gasteiger charge is -2.15. The van der Waals surface area contributed by atoms with Gasteiger partial charge in [0.1, 0.15) is 11.6 Å². The van der Waals surface area contributed by atoms with Crippen LogP contribution in [-0.4, -0.2) is 34.4 Å². The summed E-state index contributed by atoms with van der Waals surface area (Å²) in [5.74, 6) is -0.749. The molecule has 1 N–H and O–H groups in total. The Bertz CT molecular complexity index is 1340. The standard InChI is InChI=1S/C27H24FN3O4/c1-3-34-27(33)24-17-25(31(30-24)22-12-8-10-20(28)16-22)19-9-7-11-21(15-19)29-26(32)18(2)35-23-13-5-4-6-14-23/h4-18H,3H2,1-2H3,(H,29,32)/t18-/m1/s1. The second-order valence-electron chi connectivity index (χ2n) is 7.67. The number of benzene rings is 3. The maximum absolute atomic E-state index is 13.9. The van der Waals surface area contributed by atoms with Gasteiger partial charge in [-0.2, -0.15) is 5.10 Å². The quantitative estimate of drug-likeness (QED) is 0.353. The Morgan fingerprint density at radius 1 is 1.00 bits per heavy atom. The second kappa shape index (κ2) is 10.6. The normalized spacial score (nSPS) is 11.5. The van der Waals surface area contributed by atoms with E-state index in [4.69, 9.17) is 9.47 Å². The van der Waals surface area contributed by atoms with Crippen molar-refractivity contribution >= 4 is 17.6 Å². The minimum atomic E-state index is -0.728. The SMILES string of the molecule is CCOC(=O)c1cc(-c2cccc(NC(=O)[C@@H](C)Oc3ccccc3)c2)n(-c2cccc(F)c2)n1. The number of carbonyl (C=O) groups excluding carboxylic acids is 2. The molecule has 7 nitrogen and oxygen atoms in total. The fourth-order valence-electron chi connectivity index (χ4n) is 3.45. The molecule has 1 heterocycles. The summed E-state index contributed by atoms with van der Waals surface area (Å²) in [6, 6.07) is 23.6. The minimum Gasteiger partial charge on any atom is -0.481 e. The van der Waals surface area contributed by atoms with Gasteiger partial charge in [-0.15, -0.1) is 0 Å². The number of anilines is 1. The lowest BCUT2D eigenvalue weighted by Crippen LogP contribution is -2.30. The number of nitrogens with zero attached hydrogens (tertiary/aromatic N) is 2. The van der Waals surface area contributed by atoms with Crippen LogP contribution in [0.25, 0.3) is 16.9 Å². The summed E-state index contributed by atoms with van der Waals surface area (Å²) < 4.78 is 26.2. The molecule has 1 amide bonds. The van der Waals surface area contributed by atoms with Crippen LogP contribution in [0.5, 0.6) is 5.75 Å². The number of carbonyl (C=O) groups is 2. The molecule has 178 valence electrons. The maximum atomic E-state index is 13.9. The number of ether oxygens (including phenoxy) is 2. The average Bonchev–Trinajstić information content (AvgIpc) is 3.31. The van der Waals surface area contributed by atoms with Crippen molar-refractivity contribution in [2.75, 3.05) is 11.9 Å². The molecule has 35 heavy (non-hydrogen) atoms. The second-order valence-corrected chi connectivity index (χ2v) is 7.67. The Morgan fingerprint density at radius 2 is 1.77 bits per heavy atom. The van der Waals surface area contributed by atoms with Crippen molar-refractivity contribution < 1.29 is 23.5 Å². The molecule has 1 aromatic heterocycles. The van der Waals surface area contributed by atoms with Crippen molar-refractivity contribution in [2.24, 2.45) is 0 Å². The van der Waals surface area contributed by atoms with Gasteiger partial charge in [0.25, 0.3) is 5.91 Å². The molecule has 0 saturated carbocycles. The van der Waals surface area contributed by atoms with Crippen molar-refractivity contribution in [1.29, 1.82) is 0 Å². The van der Waals surface area contributed by atoms with Gasteiger partial charge in [-0.3, -0.25) is 4.79 Å². The summed E-state index contributed by atoms with van der Waals surface area (Å²) in [4.78, 5) is 25.0. The van der Waals surface area contributed by atoms with Crippen LogP contribution in [0, 0.1) is 5.82 Å². The summed E-state index contributed by atoms with van der Waals surface area (Å²) >= 11 is 0. The lowest BCUT2D eigenvalue weighted by molar-refractivity contribution is -0.122. The number of amides is 1. The highest BCUT2D eigenvalue weighted by Crippen LogP contribution is 2.27. The van der Waals surface area contributed by atoms with E-state index in [1.54, 1.807) is 68.4 Å². The summed E-state index contributed by atoms with van der Waals surface area (Å²) in [5.41, 5.74) is 2.25. The van der Waals surface area contributed by atoms with Crippen molar-refractivity contribution in [1.82, 2.24) is 9.78 Å². The molecule has 0 spiro atoms. The molecule has 0 bridgehead atoms. The predicted octanol–water partition coefficient (Wildman–Crippen LogP) is 5.26.